The van der Waals surface area contributed by atoms with Crippen molar-refractivity contribution in [1.82, 2.24) is 4.31 Å². The molecule has 0 aliphatic carbocycles. The molecule has 0 amide bonds. The van der Waals surface area contributed by atoms with Gasteiger partial charge in [0.05, 0.1) is 37.4 Å². The third-order valence-electron chi connectivity index (χ3n) is 3.87. The van der Waals surface area contributed by atoms with Gasteiger partial charge in [-0.15, -0.1) is 0 Å². The Hall–Kier alpha value is -2.58. The Morgan fingerprint density at radius 1 is 1.00 bits per heavy atom. The first-order valence-corrected chi connectivity index (χ1v) is 9.13. The van der Waals surface area contributed by atoms with E-state index in [0.717, 1.165) is 0 Å². The zero-order chi connectivity index (χ0) is 19.3. The summed E-state index contributed by atoms with van der Waals surface area (Å²) in [6.07, 6.45) is 0. The molecule has 0 saturated carbocycles. The van der Waals surface area contributed by atoms with Crippen LogP contribution in [-0.4, -0.2) is 47.1 Å². The fourth-order valence-corrected chi connectivity index (χ4v) is 3.66. The normalized spacial score (nSPS) is 11.3. The number of benzene rings is 2. The minimum absolute atomic E-state index is 0.00300. The lowest BCUT2D eigenvalue weighted by Gasteiger charge is -2.20. The van der Waals surface area contributed by atoms with E-state index < -0.39 is 16.0 Å². The van der Waals surface area contributed by atoms with E-state index in [1.165, 1.54) is 56.9 Å². The monoisotopic (exact) mass is 379 g/mol. The standard InChI is InChI=1S/C18H21NO6S/c1-19(12-15-16(23-2)9-6-10-17(15)24-3)26(21,22)14-8-5-7-13(11-14)18(20)25-4/h5-11H,12H2,1-4H3. The van der Waals surface area contributed by atoms with Crippen LogP contribution in [0.4, 0.5) is 0 Å². The van der Waals surface area contributed by atoms with E-state index in [1.807, 2.05) is 0 Å². The second kappa shape index (κ2) is 8.20. The summed E-state index contributed by atoms with van der Waals surface area (Å²) >= 11 is 0. The van der Waals surface area contributed by atoms with Crippen molar-refractivity contribution in [3.05, 3.63) is 53.6 Å². The Kier molecular flexibility index (Phi) is 6.23. The Bertz CT molecular complexity index is 872. The Morgan fingerprint density at radius 2 is 1.58 bits per heavy atom. The van der Waals surface area contributed by atoms with Gasteiger partial charge >= 0.3 is 5.97 Å². The maximum Gasteiger partial charge on any atom is 0.337 e. The van der Waals surface area contributed by atoms with Gasteiger partial charge in [0.15, 0.2) is 0 Å². The third-order valence-corrected chi connectivity index (χ3v) is 5.67. The first-order chi connectivity index (χ1) is 12.3. The number of ether oxygens (including phenoxy) is 3. The van der Waals surface area contributed by atoms with E-state index in [0.29, 0.717) is 17.1 Å². The van der Waals surface area contributed by atoms with Gasteiger partial charge in [0.25, 0.3) is 0 Å². The third kappa shape index (κ3) is 3.97. The summed E-state index contributed by atoms with van der Waals surface area (Å²) in [5, 5.41) is 0. The van der Waals surface area contributed by atoms with Crippen molar-refractivity contribution in [2.75, 3.05) is 28.4 Å². The van der Waals surface area contributed by atoms with E-state index in [4.69, 9.17) is 9.47 Å². The highest BCUT2D eigenvalue weighted by atomic mass is 32.2. The highest BCUT2D eigenvalue weighted by Crippen LogP contribution is 2.30. The van der Waals surface area contributed by atoms with Gasteiger partial charge in [-0.2, -0.15) is 4.31 Å². The zero-order valence-corrected chi connectivity index (χ0v) is 15.9. The summed E-state index contributed by atoms with van der Waals surface area (Å²) in [5.74, 6) is 0.445. The smallest absolute Gasteiger partial charge is 0.337 e. The number of hydrogen-bond acceptors (Lipinski definition) is 6. The van der Waals surface area contributed by atoms with Crippen molar-refractivity contribution >= 4 is 16.0 Å². The van der Waals surface area contributed by atoms with Gasteiger partial charge in [0.2, 0.25) is 10.0 Å². The quantitative estimate of drug-likeness (QED) is 0.687. The molecule has 140 valence electrons. The molecule has 0 spiro atoms. The van der Waals surface area contributed by atoms with Gasteiger partial charge in [-0.1, -0.05) is 12.1 Å². The largest absolute Gasteiger partial charge is 0.496 e. The van der Waals surface area contributed by atoms with Crippen LogP contribution in [0.15, 0.2) is 47.4 Å². The summed E-state index contributed by atoms with van der Waals surface area (Å²) in [6, 6.07) is 10.9. The zero-order valence-electron chi connectivity index (χ0n) is 15.1. The number of nitrogens with zero attached hydrogens (tertiary/aromatic N) is 1. The summed E-state index contributed by atoms with van der Waals surface area (Å²) in [6.45, 7) is 0.0397. The molecule has 0 saturated heterocycles. The van der Waals surface area contributed by atoms with Crippen molar-refractivity contribution < 1.29 is 27.4 Å². The summed E-state index contributed by atoms with van der Waals surface area (Å²) in [4.78, 5) is 11.7. The van der Waals surface area contributed by atoms with Crippen LogP contribution in [0, 0.1) is 0 Å². The van der Waals surface area contributed by atoms with Crippen molar-refractivity contribution in [3.63, 3.8) is 0 Å². The van der Waals surface area contributed by atoms with Gasteiger partial charge in [-0.3, -0.25) is 0 Å². The van der Waals surface area contributed by atoms with Crippen LogP contribution in [0.3, 0.4) is 0 Å². The van der Waals surface area contributed by atoms with Gasteiger partial charge in [0.1, 0.15) is 11.5 Å². The number of esters is 1. The highest BCUT2D eigenvalue weighted by Gasteiger charge is 2.24. The molecule has 0 N–H and O–H groups in total. The fraction of sp³-hybridized carbons (Fsp3) is 0.278. The van der Waals surface area contributed by atoms with E-state index >= 15 is 0 Å². The molecule has 0 aliphatic heterocycles. The Labute approximate surface area is 153 Å². The molecule has 2 aromatic rings. The molecule has 0 aromatic heterocycles. The van der Waals surface area contributed by atoms with Gasteiger partial charge in [0, 0.05) is 13.6 Å². The minimum Gasteiger partial charge on any atom is -0.496 e. The molecule has 26 heavy (non-hydrogen) atoms. The van der Waals surface area contributed by atoms with Crippen molar-refractivity contribution in [2.24, 2.45) is 0 Å². The lowest BCUT2D eigenvalue weighted by atomic mass is 10.1. The van der Waals surface area contributed by atoms with Gasteiger partial charge < -0.3 is 14.2 Å². The SMILES string of the molecule is COC(=O)c1cccc(S(=O)(=O)N(C)Cc2c(OC)cccc2OC)c1. The lowest BCUT2D eigenvalue weighted by molar-refractivity contribution is 0.0600. The van der Waals surface area contributed by atoms with Crippen LogP contribution in [0.2, 0.25) is 0 Å². The first kappa shape index (κ1) is 19.7. The number of hydrogen-bond donors (Lipinski definition) is 0. The van der Waals surface area contributed by atoms with Crippen LogP contribution in [0.25, 0.3) is 0 Å². The van der Waals surface area contributed by atoms with Crippen molar-refractivity contribution in [1.29, 1.82) is 0 Å². The number of carbonyl (C=O) groups excluding carboxylic acids is 1. The summed E-state index contributed by atoms with van der Waals surface area (Å²) in [7, 11) is 1.87. The molecule has 0 radical (unpaired) electrons. The van der Waals surface area contributed by atoms with Gasteiger partial charge in [-0.05, 0) is 30.3 Å². The van der Waals surface area contributed by atoms with E-state index in [2.05, 4.69) is 4.74 Å². The molecule has 8 heteroatoms. The molecule has 2 rings (SSSR count). The topological polar surface area (TPSA) is 82.1 Å². The molecule has 0 bridgehead atoms. The molecular formula is C18H21NO6S. The van der Waals surface area contributed by atoms with Gasteiger partial charge in [-0.25, -0.2) is 13.2 Å². The first-order valence-electron chi connectivity index (χ1n) is 7.69. The van der Waals surface area contributed by atoms with Crippen LogP contribution < -0.4 is 9.47 Å². The second-order valence-electron chi connectivity index (χ2n) is 5.42. The Balaban J connectivity index is 2.38. The number of rotatable bonds is 7. The fourth-order valence-electron chi connectivity index (χ4n) is 2.47. The molecule has 0 aliphatic rings. The minimum atomic E-state index is -3.84. The lowest BCUT2D eigenvalue weighted by Crippen LogP contribution is -2.27. The van der Waals surface area contributed by atoms with E-state index in [-0.39, 0.29) is 17.0 Å². The Morgan fingerprint density at radius 3 is 2.12 bits per heavy atom. The second-order valence-corrected chi connectivity index (χ2v) is 7.47. The maximum atomic E-state index is 12.9. The molecule has 7 nitrogen and oxygen atoms in total. The molecular weight excluding hydrogens is 358 g/mol. The number of methoxy groups -OCH3 is 3. The predicted octanol–water partition coefficient (Wildman–Crippen LogP) is 2.31. The molecule has 0 unspecified atom stereocenters. The molecule has 0 heterocycles. The summed E-state index contributed by atoms with van der Waals surface area (Å²) in [5.41, 5.74) is 0.768. The molecule has 0 atom stereocenters. The molecule has 0 fully saturated rings. The van der Waals surface area contributed by atoms with E-state index in [9.17, 15) is 13.2 Å². The van der Waals surface area contributed by atoms with Crippen LogP contribution in [-0.2, 0) is 21.3 Å². The van der Waals surface area contributed by atoms with Crippen LogP contribution in [0.5, 0.6) is 11.5 Å². The van der Waals surface area contributed by atoms with Crippen molar-refractivity contribution in [3.8, 4) is 11.5 Å². The van der Waals surface area contributed by atoms with Crippen LogP contribution >= 0.6 is 0 Å². The van der Waals surface area contributed by atoms with Crippen LogP contribution in [0.1, 0.15) is 15.9 Å². The summed E-state index contributed by atoms with van der Waals surface area (Å²) < 4.78 is 42.2. The highest BCUT2D eigenvalue weighted by molar-refractivity contribution is 7.89. The average Bonchev–Trinajstić information content (AvgIpc) is 2.67. The number of sulfonamides is 1. The predicted molar refractivity (Wildman–Crippen MR) is 96.0 cm³/mol. The molecule has 2 aromatic carbocycles. The maximum absolute atomic E-state index is 12.9. The van der Waals surface area contributed by atoms with E-state index in [1.54, 1.807) is 18.2 Å². The average molecular weight is 379 g/mol. The number of carbonyl (C=O) groups is 1. The van der Waals surface area contributed by atoms with Crippen molar-refractivity contribution in [2.45, 2.75) is 11.4 Å².